The second-order valence-electron chi connectivity index (χ2n) is 5.05. The zero-order valence-corrected chi connectivity index (χ0v) is 11.3. The SMILES string of the molecule is CCOC1CC(CC(=O)N(C)C(C)CCN)C1. The molecule has 1 rings (SSSR count). The molecular formula is C13H26N2O2. The minimum absolute atomic E-state index is 0.242. The van der Waals surface area contributed by atoms with E-state index in [0.29, 0.717) is 25.0 Å². The molecule has 1 fully saturated rings. The van der Waals surface area contributed by atoms with Gasteiger partial charge in [0, 0.05) is 26.1 Å². The quantitative estimate of drug-likeness (QED) is 0.734. The Labute approximate surface area is 104 Å². The Morgan fingerprint density at radius 3 is 2.71 bits per heavy atom. The van der Waals surface area contributed by atoms with Gasteiger partial charge in [0.25, 0.3) is 0 Å². The van der Waals surface area contributed by atoms with Crippen LogP contribution in [0.25, 0.3) is 0 Å². The van der Waals surface area contributed by atoms with Crippen molar-refractivity contribution in [3.63, 3.8) is 0 Å². The summed E-state index contributed by atoms with van der Waals surface area (Å²) in [5.74, 6) is 0.762. The van der Waals surface area contributed by atoms with Crippen LogP contribution in [-0.2, 0) is 9.53 Å². The third kappa shape index (κ3) is 4.28. The van der Waals surface area contributed by atoms with E-state index in [-0.39, 0.29) is 11.9 Å². The van der Waals surface area contributed by atoms with Crippen LogP contribution in [0.15, 0.2) is 0 Å². The molecule has 0 aromatic heterocycles. The van der Waals surface area contributed by atoms with Gasteiger partial charge in [-0.3, -0.25) is 4.79 Å². The third-order valence-electron chi connectivity index (χ3n) is 3.70. The van der Waals surface area contributed by atoms with E-state index in [1.165, 1.54) is 0 Å². The highest BCUT2D eigenvalue weighted by atomic mass is 16.5. The highest BCUT2D eigenvalue weighted by Crippen LogP contribution is 2.33. The molecule has 1 unspecified atom stereocenters. The van der Waals surface area contributed by atoms with Crippen molar-refractivity contribution in [1.29, 1.82) is 0 Å². The Kier molecular flexibility index (Phi) is 5.92. The lowest BCUT2D eigenvalue weighted by atomic mass is 9.79. The monoisotopic (exact) mass is 242 g/mol. The lowest BCUT2D eigenvalue weighted by Crippen LogP contribution is -2.40. The molecule has 1 amide bonds. The lowest BCUT2D eigenvalue weighted by molar-refractivity contribution is -0.135. The van der Waals surface area contributed by atoms with E-state index in [9.17, 15) is 4.79 Å². The molecule has 0 bridgehead atoms. The van der Waals surface area contributed by atoms with Gasteiger partial charge in [-0.25, -0.2) is 0 Å². The van der Waals surface area contributed by atoms with Crippen molar-refractivity contribution in [1.82, 2.24) is 4.90 Å². The summed E-state index contributed by atoms with van der Waals surface area (Å²) in [5, 5.41) is 0. The van der Waals surface area contributed by atoms with Crippen molar-refractivity contribution in [3.05, 3.63) is 0 Å². The molecule has 4 heteroatoms. The van der Waals surface area contributed by atoms with Crippen LogP contribution in [0.5, 0.6) is 0 Å². The minimum atomic E-state index is 0.242. The zero-order valence-electron chi connectivity index (χ0n) is 11.3. The summed E-state index contributed by atoms with van der Waals surface area (Å²) in [5.41, 5.74) is 5.50. The topological polar surface area (TPSA) is 55.6 Å². The van der Waals surface area contributed by atoms with E-state index in [0.717, 1.165) is 25.9 Å². The number of ether oxygens (including phenoxy) is 1. The number of nitrogens with two attached hydrogens (primary N) is 1. The number of carbonyl (C=O) groups is 1. The van der Waals surface area contributed by atoms with Gasteiger partial charge >= 0.3 is 0 Å². The predicted molar refractivity (Wildman–Crippen MR) is 68.7 cm³/mol. The predicted octanol–water partition coefficient (Wildman–Crippen LogP) is 1.39. The van der Waals surface area contributed by atoms with Crippen molar-refractivity contribution in [2.24, 2.45) is 11.7 Å². The van der Waals surface area contributed by atoms with Crippen LogP contribution in [0.3, 0.4) is 0 Å². The second kappa shape index (κ2) is 6.97. The van der Waals surface area contributed by atoms with Crippen molar-refractivity contribution in [3.8, 4) is 0 Å². The van der Waals surface area contributed by atoms with E-state index in [1.807, 2.05) is 18.9 Å². The first-order valence-corrected chi connectivity index (χ1v) is 6.65. The fourth-order valence-electron chi connectivity index (χ4n) is 2.28. The molecule has 4 nitrogen and oxygen atoms in total. The molecule has 0 heterocycles. The summed E-state index contributed by atoms with van der Waals surface area (Å²) < 4.78 is 5.49. The molecule has 1 aliphatic carbocycles. The van der Waals surface area contributed by atoms with Crippen LogP contribution in [-0.4, -0.2) is 43.2 Å². The summed E-state index contributed by atoms with van der Waals surface area (Å²) >= 11 is 0. The standard InChI is InChI=1S/C13H26N2O2/c1-4-17-12-7-11(8-12)9-13(16)15(3)10(2)5-6-14/h10-12H,4-9,14H2,1-3H3. The van der Waals surface area contributed by atoms with E-state index in [2.05, 4.69) is 6.92 Å². The maximum absolute atomic E-state index is 12.0. The van der Waals surface area contributed by atoms with Gasteiger partial charge in [0.2, 0.25) is 5.91 Å². The molecule has 0 spiro atoms. The van der Waals surface area contributed by atoms with Gasteiger partial charge < -0.3 is 15.4 Å². The third-order valence-corrected chi connectivity index (χ3v) is 3.70. The first-order valence-electron chi connectivity index (χ1n) is 6.65. The van der Waals surface area contributed by atoms with E-state index < -0.39 is 0 Å². The summed E-state index contributed by atoms with van der Waals surface area (Å²) in [6.45, 7) is 5.47. The van der Waals surface area contributed by atoms with Crippen molar-refractivity contribution in [2.45, 2.75) is 51.7 Å². The Balaban J connectivity index is 2.21. The van der Waals surface area contributed by atoms with Crippen LogP contribution in [0, 0.1) is 5.92 Å². The number of hydrogen-bond acceptors (Lipinski definition) is 3. The molecule has 0 radical (unpaired) electrons. The van der Waals surface area contributed by atoms with E-state index in [4.69, 9.17) is 10.5 Å². The summed E-state index contributed by atoms with van der Waals surface area (Å²) in [4.78, 5) is 13.8. The smallest absolute Gasteiger partial charge is 0.222 e. The molecule has 1 aliphatic rings. The number of rotatable bonds is 7. The van der Waals surface area contributed by atoms with Gasteiger partial charge in [-0.15, -0.1) is 0 Å². The molecule has 0 aliphatic heterocycles. The Morgan fingerprint density at radius 1 is 1.53 bits per heavy atom. The van der Waals surface area contributed by atoms with Crippen molar-refractivity contribution >= 4 is 5.91 Å². The van der Waals surface area contributed by atoms with Gasteiger partial charge in [0.15, 0.2) is 0 Å². The van der Waals surface area contributed by atoms with Crippen molar-refractivity contribution in [2.75, 3.05) is 20.2 Å². The highest BCUT2D eigenvalue weighted by molar-refractivity contribution is 5.76. The molecular weight excluding hydrogens is 216 g/mol. The van der Waals surface area contributed by atoms with E-state index >= 15 is 0 Å². The Hall–Kier alpha value is -0.610. The zero-order chi connectivity index (χ0) is 12.8. The molecule has 0 aromatic carbocycles. The largest absolute Gasteiger partial charge is 0.378 e. The molecule has 17 heavy (non-hydrogen) atoms. The Bertz CT molecular complexity index is 240. The maximum atomic E-state index is 12.0. The number of amides is 1. The Morgan fingerprint density at radius 2 is 2.18 bits per heavy atom. The van der Waals surface area contributed by atoms with Crippen LogP contribution >= 0.6 is 0 Å². The fourth-order valence-corrected chi connectivity index (χ4v) is 2.28. The average molecular weight is 242 g/mol. The van der Waals surface area contributed by atoms with Crippen LogP contribution in [0.4, 0.5) is 0 Å². The number of hydrogen-bond donors (Lipinski definition) is 1. The van der Waals surface area contributed by atoms with E-state index in [1.54, 1.807) is 0 Å². The van der Waals surface area contributed by atoms with Crippen LogP contribution < -0.4 is 5.73 Å². The lowest BCUT2D eigenvalue weighted by Gasteiger charge is -2.36. The molecule has 100 valence electrons. The minimum Gasteiger partial charge on any atom is -0.378 e. The van der Waals surface area contributed by atoms with Crippen molar-refractivity contribution < 1.29 is 9.53 Å². The summed E-state index contributed by atoms with van der Waals surface area (Å²) in [6, 6.07) is 0.246. The molecule has 1 atom stereocenters. The first kappa shape index (κ1) is 14.5. The van der Waals surface area contributed by atoms with Gasteiger partial charge in [0.05, 0.1) is 6.10 Å². The van der Waals surface area contributed by atoms with Gasteiger partial charge in [-0.2, -0.15) is 0 Å². The molecule has 2 N–H and O–H groups in total. The second-order valence-corrected chi connectivity index (χ2v) is 5.05. The maximum Gasteiger partial charge on any atom is 0.222 e. The van der Waals surface area contributed by atoms with Crippen LogP contribution in [0.2, 0.25) is 0 Å². The highest BCUT2D eigenvalue weighted by Gasteiger charge is 2.32. The van der Waals surface area contributed by atoms with Gasteiger partial charge in [-0.1, -0.05) is 0 Å². The molecule has 1 saturated carbocycles. The number of nitrogens with zero attached hydrogens (tertiary/aromatic N) is 1. The molecule has 0 saturated heterocycles. The molecule has 0 aromatic rings. The summed E-state index contributed by atoms with van der Waals surface area (Å²) in [7, 11) is 1.88. The number of carbonyl (C=O) groups excluding carboxylic acids is 1. The van der Waals surface area contributed by atoms with Gasteiger partial charge in [-0.05, 0) is 45.6 Å². The first-order chi connectivity index (χ1) is 8.08. The van der Waals surface area contributed by atoms with Crippen LogP contribution in [0.1, 0.15) is 39.5 Å². The summed E-state index contributed by atoms with van der Waals surface area (Å²) in [6.07, 6.45) is 4.01. The fraction of sp³-hybridized carbons (Fsp3) is 0.923. The normalized spacial score (nSPS) is 25.2. The van der Waals surface area contributed by atoms with Gasteiger partial charge in [0.1, 0.15) is 0 Å². The average Bonchev–Trinajstić information content (AvgIpc) is 2.25.